The average Bonchev–Trinajstić information content (AvgIpc) is 2.29. The smallest absolute Gasteiger partial charge is 0.263 e. The van der Waals surface area contributed by atoms with Crippen molar-refractivity contribution in [2.45, 2.75) is 4.90 Å². The summed E-state index contributed by atoms with van der Waals surface area (Å²) in [6.07, 6.45) is 0. The lowest BCUT2D eigenvalue weighted by Crippen LogP contribution is -2.14. The zero-order chi connectivity index (χ0) is 13.2. The van der Waals surface area contributed by atoms with Gasteiger partial charge in [0.15, 0.2) is 0 Å². The van der Waals surface area contributed by atoms with E-state index in [4.69, 9.17) is 0 Å². The van der Waals surface area contributed by atoms with Crippen molar-refractivity contribution in [3.63, 3.8) is 0 Å². The molecule has 1 heterocycles. The molecule has 1 aromatic heterocycles. The van der Waals surface area contributed by atoms with Crippen molar-refractivity contribution < 1.29 is 12.8 Å². The van der Waals surface area contributed by atoms with Crippen LogP contribution in [-0.2, 0) is 10.0 Å². The summed E-state index contributed by atoms with van der Waals surface area (Å²) in [5.41, 5.74) is 0. The van der Waals surface area contributed by atoms with Crippen molar-refractivity contribution in [2.24, 2.45) is 0 Å². The lowest BCUT2D eigenvalue weighted by Gasteiger charge is -2.07. The van der Waals surface area contributed by atoms with E-state index in [0.717, 1.165) is 10.5 Å². The highest BCUT2D eigenvalue weighted by molar-refractivity contribution is 9.10. The van der Waals surface area contributed by atoms with E-state index < -0.39 is 16.0 Å². The molecule has 0 amide bonds. The molecule has 0 bridgehead atoms. The first-order valence-electron chi connectivity index (χ1n) is 4.88. The van der Waals surface area contributed by atoms with E-state index in [1.807, 2.05) is 0 Å². The van der Waals surface area contributed by atoms with Crippen molar-refractivity contribution in [3.05, 3.63) is 52.9 Å². The second-order valence-corrected chi connectivity index (χ2v) is 6.00. The molecule has 18 heavy (non-hydrogen) atoms. The number of pyridine rings is 1. The number of sulfonamides is 1. The number of aromatic nitrogens is 1. The summed E-state index contributed by atoms with van der Waals surface area (Å²) in [7, 11) is -3.75. The molecule has 4 nitrogen and oxygen atoms in total. The van der Waals surface area contributed by atoms with Crippen molar-refractivity contribution >= 4 is 31.8 Å². The van der Waals surface area contributed by atoms with E-state index >= 15 is 0 Å². The van der Waals surface area contributed by atoms with E-state index in [1.165, 1.54) is 24.3 Å². The molecule has 0 saturated carbocycles. The van der Waals surface area contributed by atoms with Gasteiger partial charge in [-0.15, -0.1) is 0 Å². The van der Waals surface area contributed by atoms with Crippen molar-refractivity contribution in [2.75, 3.05) is 4.72 Å². The number of anilines is 1. The number of hydrogen-bond acceptors (Lipinski definition) is 3. The zero-order valence-corrected chi connectivity index (χ0v) is 11.4. The van der Waals surface area contributed by atoms with Gasteiger partial charge in [0.05, 0.1) is 4.90 Å². The molecule has 94 valence electrons. The molecule has 0 saturated heterocycles. The molecule has 0 aliphatic carbocycles. The third-order valence-corrected chi connectivity index (χ3v) is 3.98. The Morgan fingerprint density at radius 1 is 1.11 bits per heavy atom. The summed E-state index contributed by atoms with van der Waals surface area (Å²) in [5.74, 6) is -0.802. The SMILES string of the molecule is O=S(=O)(Nc1cccc(F)n1)c1ccc(Br)cc1. The molecule has 0 fully saturated rings. The van der Waals surface area contributed by atoms with Gasteiger partial charge in [-0.3, -0.25) is 4.72 Å². The number of halogens is 2. The highest BCUT2D eigenvalue weighted by Gasteiger charge is 2.14. The Labute approximate surface area is 112 Å². The fourth-order valence-electron chi connectivity index (χ4n) is 1.28. The Kier molecular flexibility index (Phi) is 3.63. The minimum absolute atomic E-state index is 0.0575. The standard InChI is InChI=1S/C11H8BrFN2O2S/c12-8-4-6-9(7-5-8)18(16,17)15-11-3-1-2-10(13)14-11/h1-7H,(H,14,15). The van der Waals surface area contributed by atoms with Crippen LogP contribution < -0.4 is 4.72 Å². The first kappa shape index (κ1) is 13.0. The topological polar surface area (TPSA) is 59.1 Å². The fraction of sp³-hybridized carbons (Fsp3) is 0. The quantitative estimate of drug-likeness (QED) is 0.880. The summed E-state index contributed by atoms with van der Waals surface area (Å²) in [6.45, 7) is 0. The Morgan fingerprint density at radius 3 is 2.39 bits per heavy atom. The Balaban J connectivity index is 2.30. The lowest BCUT2D eigenvalue weighted by molar-refractivity contribution is 0.584. The average molecular weight is 331 g/mol. The zero-order valence-electron chi connectivity index (χ0n) is 8.97. The van der Waals surface area contributed by atoms with Gasteiger partial charge in [0.25, 0.3) is 10.0 Å². The van der Waals surface area contributed by atoms with E-state index in [9.17, 15) is 12.8 Å². The van der Waals surface area contributed by atoms with Gasteiger partial charge in [0, 0.05) is 4.47 Å². The molecule has 0 aliphatic heterocycles. The van der Waals surface area contributed by atoms with E-state index in [1.54, 1.807) is 12.1 Å². The molecule has 1 aromatic carbocycles. The van der Waals surface area contributed by atoms with Crippen LogP contribution in [0.3, 0.4) is 0 Å². The van der Waals surface area contributed by atoms with Gasteiger partial charge in [0.1, 0.15) is 5.82 Å². The Bertz CT molecular complexity index is 659. The van der Waals surface area contributed by atoms with Crippen LogP contribution in [0.15, 0.2) is 51.8 Å². The third kappa shape index (κ3) is 3.05. The van der Waals surface area contributed by atoms with Crippen LogP contribution >= 0.6 is 15.9 Å². The summed E-state index contributed by atoms with van der Waals surface area (Å²) in [4.78, 5) is 3.52. The second-order valence-electron chi connectivity index (χ2n) is 3.40. The summed E-state index contributed by atoms with van der Waals surface area (Å²) in [6, 6.07) is 9.97. The van der Waals surface area contributed by atoms with Gasteiger partial charge >= 0.3 is 0 Å². The highest BCUT2D eigenvalue weighted by Crippen LogP contribution is 2.17. The minimum Gasteiger partial charge on any atom is -0.263 e. The van der Waals surface area contributed by atoms with E-state index in [-0.39, 0.29) is 10.7 Å². The Hall–Kier alpha value is -1.47. The van der Waals surface area contributed by atoms with Gasteiger partial charge in [-0.1, -0.05) is 22.0 Å². The van der Waals surface area contributed by atoms with Crippen LogP contribution in [0.1, 0.15) is 0 Å². The second kappa shape index (κ2) is 5.03. The maximum atomic E-state index is 12.8. The Morgan fingerprint density at radius 2 is 1.78 bits per heavy atom. The summed E-state index contributed by atoms with van der Waals surface area (Å²) in [5, 5.41) is 0. The number of hydrogen-bond donors (Lipinski definition) is 1. The third-order valence-electron chi connectivity index (χ3n) is 2.08. The normalized spacial score (nSPS) is 11.2. The fourth-order valence-corrected chi connectivity index (χ4v) is 2.54. The summed E-state index contributed by atoms with van der Waals surface area (Å²) >= 11 is 3.21. The molecular formula is C11H8BrFN2O2S. The largest absolute Gasteiger partial charge is 0.263 e. The van der Waals surface area contributed by atoms with Gasteiger partial charge in [-0.05, 0) is 36.4 Å². The highest BCUT2D eigenvalue weighted by atomic mass is 79.9. The lowest BCUT2D eigenvalue weighted by atomic mass is 10.4. The first-order chi connectivity index (χ1) is 8.47. The van der Waals surface area contributed by atoms with Crippen LogP contribution in [-0.4, -0.2) is 13.4 Å². The van der Waals surface area contributed by atoms with Crippen LogP contribution in [0.2, 0.25) is 0 Å². The molecule has 0 unspecified atom stereocenters. The maximum Gasteiger partial charge on any atom is 0.263 e. The van der Waals surface area contributed by atoms with Crippen LogP contribution in [0, 0.1) is 5.95 Å². The van der Waals surface area contributed by atoms with Crippen LogP contribution in [0.4, 0.5) is 10.2 Å². The molecule has 0 spiro atoms. The molecule has 1 N–H and O–H groups in total. The molecular weight excluding hydrogens is 323 g/mol. The van der Waals surface area contributed by atoms with E-state index in [2.05, 4.69) is 25.6 Å². The molecule has 0 radical (unpaired) electrons. The van der Waals surface area contributed by atoms with Crippen LogP contribution in [0.5, 0.6) is 0 Å². The first-order valence-corrected chi connectivity index (χ1v) is 7.16. The van der Waals surface area contributed by atoms with Crippen molar-refractivity contribution in [1.29, 1.82) is 0 Å². The van der Waals surface area contributed by atoms with Crippen molar-refractivity contribution in [1.82, 2.24) is 4.98 Å². The minimum atomic E-state index is -3.75. The number of nitrogens with zero attached hydrogens (tertiary/aromatic N) is 1. The molecule has 2 rings (SSSR count). The molecule has 0 atom stereocenters. The monoisotopic (exact) mass is 330 g/mol. The number of rotatable bonds is 3. The maximum absolute atomic E-state index is 12.8. The van der Waals surface area contributed by atoms with Gasteiger partial charge in [-0.2, -0.15) is 4.39 Å². The molecule has 0 aliphatic rings. The van der Waals surface area contributed by atoms with Gasteiger partial charge < -0.3 is 0 Å². The van der Waals surface area contributed by atoms with Gasteiger partial charge in [0.2, 0.25) is 5.95 Å². The predicted octanol–water partition coefficient (Wildman–Crippen LogP) is 2.78. The van der Waals surface area contributed by atoms with Gasteiger partial charge in [-0.25, -0.2) is 13.4 Å². The molecule has 2 aromatic rings. The number of benzene rings is 1. The van der Waals surface area contributed by atoms with Crippen molar-refractivity contribution in [3.8, 4) is 0 Å². The number of nitrogens with one attached hydrogen (secondary N) is 1. The predicted molar refractivity (Wildman–Crippen MR) is 69.1 cm³/mol. The van der Waals surface area contributed by atoms with Crippen LogP contribution in [0.25, 0.3) is 0 Å². The molecule has 7 heteroatoms. The summed E-state index contributed by atoms with van der Waals surface area (Å²) < 4.78 is 39.7. The van der Waals surface area contributed by atoms with E-state index in [0.29, 0.717) is 0 Å².